The molecule has 4 aromatic rings. The Labute approximate surface area is 172 Å². The number of halogens is 1. The second-order valence-electron chi connectivity index (χ2n) is 7.02. The van der Waals surface area contributed by atoms with Crippen LogP contribution in [0, 0.1) is 19.7 Å². The Balaban J connectivity index is 1.69. The van der Waals surface area contributed by atoms with Gasteiger partial charge in [0.25, 0.3) is 11.8 Å². The minimum Gasteiger partial charge on any atom is -0.449 e. The topological polar surface area (TPSA) is 71.3 Å². The van der Waals surface area contributed by atoms with E-state index < -0.39 is 17.6 Å². The number of aryl methyl sites for hydroxylation is 2. The Morgan fingerprint density at radius 1 is 0.833 bits per heavy atom. The number of amides is 2. The maximum Gasteiger partial charge on any atom is 0.293 e. The van der Waals surface area contributed by atoms with Gasteiger partial charge in [0.05, 0.1) is 0 Å². The van der Waals surface area contributed by atoms with Crippen LogP contribution in [0.1, 0.15) is 32.0 Å². The number of rotatable bonds is 4. The molecule has 2 amide bonds. The average molecular weight is 402 g/mol. The standard InChI is InChI=1S/C24H19FN2O3/c1-14-7-12-18(13-15(14)2)26-24(29)22-21(19-5-3-4-6-20(19)30-22)27-23(28)16-8-10-17(25)11-9-16/h3-13H,1-2H3,(H,26,29)(H,27,28). The average Bonchev–Trinajstić information content (AvgIpc) is 3.10. The van der Waals surface area contributed by atoms with Crippen LogP contribution in [0.3, 0.4) is 0 Å². The summed E-state index contributed by atoms with van der Waals surface area (Å²) < 4.78 is 18.9. The van der Waals surface area contributed by atoms with E-state index in [0.29, 0.717) is 16.7 Å². The lowest BCUT2D eigenvalue weighted by molar-refractivity contribution is 0.0999. The van der Waals surface area contributed by atoms with Crippen molar-refractivity contribution in [2.45, 2.75) is 13.8 Å². The summed E-state index contributed by atoms with van der Waals surface area (Å²) in [7, 11) is 0. The lowest BCUT2D eigenvalue weighted by Gasteiger charge is -2.09. The van der Waals surface area contributed by atoms with Crippen LogP contribution in [-0.2, 0) is 0 Å². The number of hydrogen-bond donors (Lipinski definition) is 2. The first-order valence-electron chi connectivity index (χ1n) is 9.39. The molecule has 2 N–H and O–H groups in total. The van der Waals surface area contributed by atoms with E-state index in [1.165, 1.54) is 24.3 Å². The van der Waals surface area contributed by atoms with E-state index in [9.17, 15) is 14.0 Å². The molecule has 0 spiro atoms. The number of furan rings is 1. The maximum absolute atomic E-state index is 13.2. The Morgan fingerprint density at radius 2 is 1.57 bits per heavy atom. The molecule has 30 heavy (non-hydrogen) atoms. The molecule has 5 nitrogen and oxygen atoms in total. The number of fused-ring (bicyclic) bond motifs is 1. The fraction of sp³-hybridized carbons (Fsp3) is 0.0833. The van der Waals surface area contributed by atoms with E-state index in [1.807, 2.05) is 26.0 Å². The molecule has 0 atom stereocenters. The molecule has 1 heterocycles. The van der Waals surface area contributed by atoms with E-state index in [0.717, 1.165) is 11.1 Å². The van der Waals surface area contributed by atoms with Crippen molar-refractivity contribution < 1.29 is 18.4 Å². The second-order valence-corrected chi connectivity index (χ2v) is 7.02. The molecule has 0 saturated heterocycles. The van der Waals surface area contributed by atoms with Crippen LogP contribution < -0.4 is 10.6 Å². The monoisotopic (exact) mass is 402 g/mol. The number of hydrogen-bond acceptors (Lipinski definition) is 3. The van der Waals surface area contributed by atoms with Gasteiger partial charge in [-0.3, -0.25) is 9.59 Å². The molecule has 0 aliphatic heterocycles. The van der Waals surface area contributed by atoms with Gasteiger partial charge in [-0.05, 0) is 73.5 Å². The molecule has 0 unspecified atom stereocenters. The highest BCUT2D eigenvalue weighted by atomic mass is 19.1. The summed E-state index contributed by atoms with van der Waals surface area (Å²) >= 11 is 0. The molecule has 0 aliphatic carbocycles. The number of anilines is 2. The summed E-state index contributed by atoms with van der Waals surface area (Å²) in [6.07, 6.45) is 0. The normalized spacial score (nSPS) is 10.8. The summed E-state index contributed by atoms with van der Waals surface area (Å²) in [6, 6.07) is 17.8. The molecule has 150 valence electrons. The molecule has 0 radical (unpaired) electrons. The molecule has 3 aromatic carbocycles. The molecule has 0 saturated carbocycles. The van der Waals surface area contributed by atoms with Crippen molar-refractivity contribution in [3.05, 3.63) is 95.0 Å². The van der Waals surface area contributed by atoms with Crippen molar-refractivity contribution in [1.29, 1.82) is 0 Å². The highest BCUT2D eigenvalue weighted by Crippen LogP contribution is 2.32. The third kappa shape index (κ3) is 3.80. The zero-order valence-electron chi connectivity index (χ0n) is 16.5. The van der Waals surface area contributed by atoms with E-state index in [1.54, 1.807) is 30.3 Å². The van der Waals surface area contributed by atoms with Gasteiger partial charge >= 0.3 is 0 Å². The van der Waals surface area contributed by atoms with E-state index in [4.69, 9.17) is 4.42 Å². The van der Waals surface area contributed by atoms with Gasteiger partial charge in [-0.1, -0.05) is 18.2 Å². The van der Waals surface area contributed by atoms with Crippen LogP contribution in [0.5, 0.6) is 0 Å². The first kappa shape index (κ1) is 19.4. The second kappa shape index (κ2) is 7.83. The van der Waals surface area contributed by atoms with E-state index in [-0.39, 0.29) is 17.0 Å². The molecule has 6 heteroatoms. The summed E-state index contributed by atoms with van der Waals surface area (Å²) in [5.41, 5.74) is 3.78. The highest BCUT2D eigenvalue weighted by Gasteiger charge is 2.23. The summed E-state index contributed by atoms with van der Waals surface area (Å²) in [5, 5.41) is 6.15. The van der Waals surface area contributed by atoms with Crippen molar-refractivity contribution in [3.8, 4) is 0 Å². The van der Waals surface area contributed by atoms with Crippen molar-refractivity contribution in [2.24, 2.45) is 0 Å². The van der Waals surface area contributed by atoms with Crippen molar-refractivity contribution >= 4 is 34.2 Å². The Kier molecular flexibility index (Phi) is 5.06. The van der Waals surface area contributed by atoms with Gasteiger partial charge in [0, 0.05) is 16.6 Å². The van der Waals surface area contributed by atoms with Crippen LogP contribution >= 0.6 is 0 Å². The number of benzene rings is 3. The molecule has 0 bridgehead atoms. The third-order valence-corrected chi connectivity index (χ3v) is 4.91. The molecule has 4 rings (SSSR count). The minimum absolute atomic E-state index is 0.00936. The summed E-state index contributed by atoms with van der Waals surface area (Å²) in [6.45, 7) is 3.95. The van der Waals surface area contributed by atoms with Gasteiger partial charge in [-0.2, -0.15) is 0 Å². The molecular formula is C24H19FN2O3. The Hall–Kier alpha value is -3.93. The fourth-order valence-corrected chi connectivity index (χ4v) is 3.12. The quantitative estimate of drug-likeness (QED) is 0.460. The van der Waals surface area contributed by atoms with Gasteiger partial charge in [0.2, 0.25) is 5.76 Å². The Morgan fingerprint density at radius 3 is 2.30 bits per heavy atom. The van der Waals surface area contributed by atoms with Crippen LogP contribution in [-0.4, -0.2) is 11.8 Å². The summed E-state index contributed by atoms with van der Waals surface area (Å²) in [4.78, 5) is 25.6. The number of carbonyl (C=O) groups is 2. The summed E-state index contributed by atoms with van der Waals surface area (Å²) in [5.74, 6) is -1.40. The lowest BCUT2D eigenvalue weighted by atomic mass is 10.1. The van der Waals surface area contributed by atoms with Crippen LogP contribution in [0.2, 0.25) is 0 Å². The fourth-order valence-electron chi connectivity index (χ4n) is 3.12. The maximum atomic E-state index is 13.2. The first-order valence-corrected chi connectivity index (χ1v) is 9.39. The van der Waals surface area contributed by atoms with Crippen LogP contribution in [0.15, 0.2) is 71.1 Å². The number of para-hydroxylation sites is 1. The van der Waals surface area contributed by atoms with Crippen molar-refractivity contribution in [3.63, 3.8) is 0 Å². The Bertz CT molecular complexity index is 1260. The van der Waals surface area contributed by atoms with Gasteiger partial charge < -0.3 is 15.1 Å². The van der Waals surface area contributed by atoms with Gasteiger partial charge in [0.1, 0.15) is 17.1 Å². The largest absolute Gasteiger partial charge is 0.449 e. The zero-order valence-corrected chi connectivity index (χ0v) is 16.5. The lowest BCUT2D eigenvalue weighted by Crippen LogP contribution is -2.17. The highest BCUT2D eigenvalue weighted by molar-refractivity contribution is 6.16. The van der Waals surface area contributed by atoms with Gasteiger partial charge in [-0.15, -0.1) is 0 Å². The third-order valence-electron chi connectivity index (χ3n) is 4.91. The zero-order chi connectivity index (χ0) is 21.3. The predicted molar refractivity (Wildman–Crippen MR) is 114 cm³/mol. The van der Waals surface area contributed by atoms with Gasteiger partial charge in [-0.25, -0.2) is 4.39 Å². The first-order chi connectivity index (χ1) is 14.4. The van der Waals surface area contributed by atoms with Crippen molar-refractivity contribution in [1.82, 2.24) is 0 Å². The van der Waals surface area contributed by atoms with Crippen molar-refractivity contribution in [2.75, 3.05) is 10.6 Å². The molecule has 0 aliphatic rings. The predicted octanol–water partition coefficient (Wildman–Crippen LogP) is 5.69. The molecular weight excluding hydrogens is 383 g/mol. The van der Waals surface area contributed by atoms with E-state index >= 15 is 0 Å². The molecule has 1 aromatic heterocycles. The molecule has 0 fully saturated rings. The van der Waals surface area contributed by atoms with Crippen LogP contribution in [0.25, 0.3) is 11.0 Å². The number of nitrogens with one attached hydrogen (secondary N) is 2. The van der Waals surface area contributed by atoms with E-state index in [2.05, 4.69) is 10.6 Å². The SMILES string of the molecule is Cc1ccc(NC(=O)c2oc3ccccc3c2NC(=O)c2ccc(F)cc2)cc1C. The number of carbonyl (C=O) groups excluding carboxylic acids is 2. The van der Waals surface area contributed by atoms with Crippen LogP contribution in [0.4, 0.5) is 15.8 Å². The smallest absolute Gasteiger partial charge is 0.293 e. The minimum atomic E-state index is -0.483. The van der Waals surface area contributed by atoms with Gasteiger partial charge in [0.15, 0.2) is 0 Å².